The van der Waals surface area contributed by atoms with E-state index in [2.05, 4.69) is 26.8 Å². The van der Waals surface area contributed by atoms with E-state index in [9.17, 15) is 10.1 Å². The van der Waals surface area contributed by atoms with E-state index >= 15 is 0 Å². The summed E-state index contributed by atoms with van der Waals surface area (Å²) in [6.07, 6.45) is 3.34. The van der Waals surface area contributed by atoms with Gasteiger partial charge in [-0.1, -0.05) is 34.6 Å². The Morgan fingerprint density at radius 3 is 2.00 bits per heavy atom. The predicted molar refractivity (Wildman–Crippen MR) is 77.4 cm³/mol. The molecular formula is C16H28N2O. The van der Waals surface area contributed by atoms with Crippen LogP contribution < -0.4 is 0 Å². The van der Waals surface area contributed by atoms with Crippen LogP contribution in [0.15, 0.2) is 0 Å². The highest BCUT2D eigenvalue weighted by atomic mass is 16.2. The minimum Gasteiger partial charge on any atom is -0.341 e. The van der Waals surface area contributed by atoms with Crippen molar-refractivity contribution < 1.29 is 4.79 Å². The number of piperidine rings is 1. The molecule has 3 nitrogen and oxygen atoms in total. The van der Waals surface area contributed by atoms with Crippen molar-refractivity contribution in [3.8, 4) is 6.07 Å². The Morgan fingerprint density at radius 2 is 1.68 bits per heavy atom. The molecular weight excluding hydrogens is 236 g/mol. The summed E-state index contributed by atoms with van der Waals surface area (Å²) in [6.45, 7) is 12.3. The maximum Gasteiger partial charge on any atom is 0.243 e. The first-order valence-corrected chi connectivity index (χ1v) is 7.51. The molecule has 19 heavy (non-hydrogen) atoms. The second-order valence-electron chi connectivity index (χ2n) is 6.83. The predicted octanol–water partition coefficient (Wildman–Crippen LogP) is 3.60. The molecule has 0 aliphatic carbocycles. The molecule has 0 aromatic carbocycles. The van der Waals surface area contributed by atoms with Crippen molar-refractivity contribution in [3.05, 3.63) is 0 Å². The van der Waals surface area contributed by atoms with Crippen LogP contribution in [-0.2, 0) is 4.79 Å². The van der Waals surface area contributed by atoms with Crippen LogP contribution in [0.1, 0.15) is 60.3 Å². The molecule has 0 radical (unpaired) electrons. The first kappa shape index (κ1) is 16.0. The fourth-order valence-corrected chi connectivity index (χ4v) is 3.01. The average molecular weight is 264 g/mol. The van der Waals surface area contributed by atoms with E-state index in [1.165, 1.54) is 0 Å². The highest BCUT2D eigenvalue weighted by molar-refractivity contribution is 5.85. The van der Waals surface area contributed by atoms with Gasteiger partial charge in [0, 0.05) is 13.1 Å². The molecule has 108 valence electrons. The van der Waals surface area contributed by atoms with E-state index in [0.717, 1.165) is 25.9 Å². The molecule has 0 unspecified atom stereocenters. The maximum atomic E-state index is 12.6. The molecule has 3 heteroatoms. The molecule has 1 fully saturated rings. The molecule has 0 atom stereocenters. The molecule has 0 saturated carbocycles. The zero-order chi connectivity index (χ0) is 14.7. The molecule has 0 N–H and O–H groups in total. The smallest absolute Gasteiger partial charge is 0.243 e. The summed E-state index contributed by atoms with van der Waals surface area (Å²) >= 11 is 0. The highest BCUT2D eigenvalue weighted by Crippen LogP contribution is 2.36. The average Bonchev–Trinajstić information content (AvgIpc) is 2.40. The number of likely N-dealkylation sites (tertiary alicyclic amines) is 1. The SMILES string of the molecule is CCC(C#N)(CC)C(=O)N1CCC(C(C)(C)C)CC1. The summed E-state index contributed by atoms with van der Waals surface area (Å²) < 4.78 is 0. The number of hydrogen-bond acceptors (Lipinski definition) is 2. The van der Waals surface area contributed by atoms with Crippen molar-refractivity contribution in [2.75, 3.05) is 13.1 Å². The minimum atomic E-state index is -0.797. The van der Waals surface area contributed by atoms with Crippen molar-refractivity contribution in [2.24, 2.45) is 16.7 Å². The summed E-state index contributed by atoms with van der Waals surface area (Å²) in [4.78, 5) is 14.5. The highest BCUT2D eigenvalue weighted by Gasteiger charge is 2.40. The van der Waals surface area contributed by atoms with Crippen molar-refractivity contribution in [3.63, 3.8) is 0 Å². The summed E-state index contributed by atoms with van der Waals surface area (Å²) in [5.41, 5.74) is -0.481. The van der Waals surface area contributed by atoms with Crippen molar-refractivity contribution >= 4 is 5.91 Å². The summed E-state index contributed by atoms with van der Waals surface area (Å²) in [5.74, 6) is 0.726. The van der Waals surface area contributed by atoms with Gasteiger partial charge in [-0.05, 0) is 37.0 Å². The fraction of sp³-hybridized carbons (Fsp3) is 0.875. The van der Waals surface area contributed by atoms with Gasteiger partial charge in [-0.25, -0.2) is 0 Å². The first-order chi connectivity index (χ1) is 8.80. The molecule has 0 aromatic rings. The normalized spacial score (nSPS) is 18.2. The van der Waals surface area contributed by atoms with Crippen LogP contribution in [0, 0.1) is 28.1 Å². The lowest BCUT2D eigenvalue weighted by Gasteiger charge is -2.41. The Balaban J connectivity index is 2.71. The lowest BCUT2D eigenvalue weighted by atomic mass is 9.74. The first-order valence-electron chi connectivity index (χ1n) is 7.51. The van der Waals surface area contributed by atoms with E-state index in [1.807, 2.05) is 18.7 Å². The quantitative estimate of drug-likeness (QED) is 0.781. The molecule has 1 aliphatic heterocycles. The molecule has 1 aliphatic rings. The number of carbonyl (C=O) groups excluding carboxylic acids is 1. The van der Waals surface area contributed by atoms with Gasteiger partial charge in [-0.15, -0.1) is 0 Å². The largest absolute Gasteiger partial charge is 0.341 e. The number of rotatable bonds is 3. The number of carbonyl (C=O) groups is 1. The number of amides is 1. The summed E-state index contributed by atoms with van der Waals surface area (Å²) in [5, 5.41) is 9.36. The molecule has 0 spiro atoms. The zero-order valence-electron chi connectivity index (χ0n) is 13.1. The van der Waals surface area contributed by atoms with Crippen LogP contribution in [0.4, 0.5) is 0 Å². The second kappa shape index (κ2) is 5.94. The van der Waals surface area contributed by atoms with Gasteiger partial charge < -0.3 is 4.90 Å². The van der Waals surface area contributed by atoms with Gasteiger partial charge >= 0.3 is 0 Å². The van der Waals surface area contributed by atoms with Crippen molar-refractivity contribution in [2.45, 2.75) is 60.3 Å². The summed E-state index contributed by atoms with van der Waals surface area (Å²) in [7, 11) is 0. The van der Waals surface area contributed by atoms with Gasteiger partial charge in [0.25, 0.3) is 0 Å². The minimum absolute atomic E-state index is 0.0485. The number of hydrogen-bond donors (Lipinski definition) is 0. The van der Waals surface area contributed by atoms with E-state index in [1.54, 1.807) is 0 Å². The van der Waals surface area contributed by atoms with E-state index in [0.29, 0.717) is 24.2 Å². The van der Waals surface area contributed by atoms with Crippen LogP contribution in [0.5, 0.6) is 0 Å². The maximum absolute atomic E-state index is 12.6. The van der Waals surface area contributed by atoms with Crippen LogP contribution in [-0.4, -0.2) is 23.9 Å². The van der Waals surface area contributed by atoms with Crippen molar-refractivity contribution in [1.29, 1.82) is 5.26 Å². The number of nitrogens with zero attached hydrogens (tertiary/aromatic N) is 2. The monoisotopic (exact) mass is 264 g/mol. The molecule has 0 aromatic heterocycles. The Hall–Kier alpha value is -1.04. The molecule has 1 heterocycles. The van der Waals surface area contributed by atoms with Gasteiger partial charge in [-0.2, -0.15) is 5.26 Å². The summed E-state index contributed by atoms with van der Waals surface area (Å²) in [6, 6.07) is 2.26. The van der Waals surface area contributed by atoms with Gasteiger partial charge in [0.15, 0.2) is 0 Å². The molecule has 1 amide bonds. The lowest BCUT2D eigenvalue weighted by molar-refractivity contribution is -0.141. The van der Waals surface area contributed by atoms with E-state index in [4.69, 9.17) is 0 Å². The van der Waals surface area contributed by atoms with Crippen LogP contribution in [0.3, 0.4) is 0 Å². The van der Waals surface area contributed by atoms with Gasteiger partial charge in [-0.3, -0.25) is 4.79 Å². The molecule has 1 rings (SSSR count). The topological polar surface area (TPSA) is 44.1 Å². The Kier molecular flexibility index (Phi) is 5.01. The Labute approximate surface area is 118 Å². The van der Waals surface area contributed by atoms with Crippen molar-refractivity contribution in [1.82, 2.24) is 4.90 Å². The van der Waals surface area contributed by atoms with E-state index in [-0.39, 0.29) is 5.91 Å². The zero-order valence-corrected chi connectivity index (χ0v) is 13.1. The van der Waals surface area contributed by atoms with E-state index < -0.39 is 5.41 Å². The van der Waals surface area contributed by atoms with Gasteiger partial charge in [0.1, 0.15) is 5.41 Å². The Bertz CT molecular complexity index is 350. The fourth-order valence-electron chi connectivity index (χ4n) is 3.01. The third-order valence-electron chi connectivity index (χ3n) is 4.84. The second-order valence-corrected chi connectivity index (χ2v) is 6.83. The lowest BCUT2D eigenvalue weighted by Crippen LogP contribution is -2.47. The van der Waals surface area contributed by atoms with Crippen LogP contribution in [0.25, 0.3) is 0 Å². The molecule has 0 bridgehead atoms. The van der Waals surface area contributed by atoms with Crippen LogP contribution in [0.2, 0.25) is 0 Å². The number of nitriles is 1. The third-order valence-corrected chi connectivity index (χ3v) is 4.84. The standard InChI is InChI=1S/C16H28N2O/c1-6-16(7-2,12-17)14(19)18-10-8-13(9-11-18)15(3,4)5/h13H,6-11H2,1-5H3. The Morgan fingerprint density at radius 1 is 1.21 bits per heavy atom. The van der Waals surface area contributed by atoms with Gasteiger partial charge in [0.05, 0.1) is 6.07 Å². The molecule has 1 saturated heterocycles. The third kappa shape index (κ3) is 3.29. The van der Waals surface area contributed by atoms with Crippen LogP contribution >= 0.6 is 0 Å². The van der Waals surface area contributed by atoms with Gasteiger partial charge in [0.2, 0.25) is 5.91 Å².